The van der Waals surface area contributed by atoms with Crippen LogP contribution in [0.5, 0.6) is 0 Å². The fraction of sp³-hybridized carbons (Fsp3) is 0.222. The molecule has 27 heavy (non-hydrogen) atoms. The molecule has 0 radical (unpaired) electrons. The van der Waals surface area contributed by atoms with E-state index in [9.17, 15) is 14.4 Å². The molecule has 0 saturated carbocycles. The van der Waals surface area contributed by atoms with Crippen LogP contribution in [0.3, 0.4) is 0 Å². The van der Waals surface area contributed by atoms with Gasteiger partial charge in [-0.3, -0.25) is 19.5 Å². The minimum atomic E-state index is -1.22. The SMILES string of the molecule is Cc1nc2c(C(=O)NCC(=O)O)c(=O)c(Cl)c(CCc3ccccc3)n2[nH]1. The number of H-pyrrole nitrogens is 1. The molecule has 0 spiro atoms. The van der Waals surface area contributed by atoms with E-state index in [0.29, 0.717) is 24.4 Å². The monoisotopic (exact) mass is 388 g/mol. The van der Waals surface area contributed by atoms with Crippen molar-refractivity contribution in [2.45, 2.75) is 19.8 Å². The topological polar surface area (TPSA) is 117 Å². The van der Waals surface area contributed by atoms with Crippen LogP contribution in [0.1, 0.15) is 27.4 Å². The zero-order valence-electron chi connectivity index (χ0n) is 14.5. The third-order valence-corrected chi connectivity index (χ3v) is 4.44. The molecule has 0 fully saturated rings. The summed E-state index contributed by atoms with van der Waals surface area (Å²) < 4.78 is 1.51. The summed E-state index contributed by atoms with van der Waals surface area (Å²) in [4.78, 5) is 39.9. The Labute approximate surface area is 158 Å². The van der Waals surface area contributed by atoms with Crippen LogP contribution in [0.25, 0.3) is 5.65 Å². The molecule has 0 aliphatic heterocycles. The van der Waals surface area contributed by atoms with E-state index < -0.39 is 23.9 Å². The number of aromatic amines is 1. The zero-order valence-corrected chi connectivity index (χ0v) is 15.2. The van der Waals surface area contributed by atoms with Crippen LogP contribution in [0.4, 0.5) is 0 Å². The first kappa shape index (κ1) is 18.7. The average molecular weight is 389 g/mol. The van der Waals surface area contributed by atoms with Gasteiger partial charge in [0.2, 0.25) is 5.43 Å². The van der Waals surface area contributed by atoms with Crippen molar-refractivity contribution < 1.29 is 14.7 Å². The maximum atomic E-state index is 12.7. The lowest BCUT2D eigenvalue weighted by molar-refractivity contribution is -0.135. The summed E-state index contributed by atoms with van der Waals surface area (Å²) in [7, 11) is 0. The van der Waals surface area contributed by atoms with Gasteiger partial charge in [-0.2, -0.15) is 0 Å². The standard InChI is InChI=1S/C18H17ClN4O4/c1-10-21-17-14(18(27)20-9-13(24)25)16(26)15(19)12(23(17)22-10)8-7-11-5-3-2-4-6-11/h2-6H,7-9H2,1H3,(H,20,27)(H,21,22)(H,24,25). The molecular weight excluding hydrogens is 372 g/mol. The first-order valence-corrected chi connectivity index (χ1v) is 8.60. The van der Waals surface area contributed by atoms with Gasteiger partial charge in [-0.15, -0.1) is 0 Å². The Balaban J connectivity index is 2.05. The number of fused-ring (bicyclic) bond motifs is 1. The third-order valence-electron chi connectivity index (χ3n) is 4.05. The first-order valence-electron chi connectivity index (χ1n) is 8.22. The number of carboxylic acid groups (broad SMARTS) is 1. The fourth-order valence-corrected chi connectivity index (χ4v) is 3.10. The predicted molar refractivity (Wildman–Crippen MR) is 99.4 cm³/mol. The minimum Gasteiger partial charge on any atom is -0.480 e. The molecule has 0 saturated heterocycles. The van der Waals surface area contributed by atoms with E-state index in [4.69, 9.17) is 16.7 Å². The van der Waals surface area contributed by atoms with Crippen molar-refractivity contribution >= 4 is 29.1 Å². The first-order chi connectivity index (χ1) is 12.9. The second kappa shape index (κ2) is 7.63. The van der Waals surface area contributed by atoms with Crippen molar-refractivity contribution in [3.63, 3.8) is 0 Å². The molecule has 8 nitrogen and oxygen atoms in total. The van der Waals surface area contributed by atoms with E-state index in [1.54, 1.807) is 6.92 Å². The number of pyridine rings is 1. The van der Waals surface area contributed by atoms with E-state index in [2.05, 4.69) is 15.4 Å². The van der Waals surface area contributed by atoms with Gasteiger partial charge in [0.15, 0.2) is 5.65 Å². The Bertz CT molecular complexity index is 1070. The summed E-state index contributed by atoms with van der Waals surface area (Å²) >= 11 is 6.28. The van der Waals surface area contributed by atoms with Crippen molar-refractivity contribution in [2.24, 2.45) is 0 Å². The molecule has 2 heterocycles. The average Bonchev–Trinajstić information content (AvgIpc) is 3.02. The fourth-order valence-electron chi connectivity index (χ4n) is 2.83. The number of hydrogen-bond acceptors (Lipinski definition) is 4. The van der Waals surface area contributed by atoms with E-state index >= 15 is 0 Å². The van der Waals surface area contributed by atoms with Crippen LogP contribution in [0, 0.1) is 6.92 Å². The number of aromatic nitrogens is 3. The van der Waals surface area contributed by atoms with Gasteiger partial charge >= 0.3 is 5.97 Å². The van der Waals surface area contributed by atoms with E-state index in [1.165, 1.54) is 4.52 Å². The number of carbonyl (C=O) groups is 2. The van der Waals surface area contributed by atoms with Gasteiger partial charge in [-0.05, 0) is 25.3 Å². The summed E-state index contributed by atoms with van der Waals surface area (Å²) in [5.74, 6) is -1.56. The molecule has 0 bridgehead atoms. The molecule has 3 N–H and O–H groups in total. The molecule has 9 heteroatoms. The number of benzene rings is 1. The van der Waals surface area contributed by atoms with Crippen molar-refractivity contribution in [1.82, 2.24) is 19.9 Å². The number of carboxylic acids is 1. The normalized spacial score (nSPS) is 10.9. The lowest BCUT2D eigenvalue weighted by atomic mass is 10.1. The lowest BCUT2D eigenvalue weighted by Gasteiger charge is -2.10. The Morgan fingerprint density at radius 2 is 1.96 bits per heavy atom. The highest BCUT2D eigenvalue weighted by atomic mass is 35.5. The number of aryl methyl sites for hydroxylation is 3. The Kier molecular flexibility index (Phi) is 5.27. The van der Waals surface area contributed by atoms with Gasteiger partial charge in [0.25, 0.3) is 5.91 Å². The highest BCUT2D eigenvalue weighted by Crippen LogP contribution is 2.19. The Morgan fingerprint density at radius 1 is 1.26 bits per heavy atom. The van der Waals surface area contributed by atoms with Gasteiger partial charge in [0.05, 0.1) is 5.69 Å². The maximum Gasteiger partial charge on any atom is 0.322 e. The van der Waals surface area contributed by atoms with Crippen LogP contribution in [0.2, 0.25) is 5.02 Å². The van der Waals surface area contributed by atoms with Crippen molar-refractivity contribution in [3.05, 3.63) is 68.2 Å². The zero-order chi connectivity index (χ0) is 19.6. The number of rotatable bonds is 6. The number of carbonyl (C=O) groups excluding carboxylic acids is 1. The van der Waals surface area contributed by atoms with Gasteiger partial charge in [0.1, 0.15) is 23.0 Å². The number of halogens is 1. The van der Waals surface area contributed by atoms with Crippen LogP contribution < -0.4 is 10.7 Å². The van der Waals surface area contributed by atoms with Crippen LogP contribution >= 0.6 is 11.6 Å². The quantitative estimate of drug-likeness (QED) is 0.592. The van der Waals surface area contributed by atoms with Crippen molar-refractivity contribution in [1.29, 1.82) is 0 Å². The highest BCUT2D eigenvalue weighted by Gasteiger charge is 2.24. The smallest absolute Gasteiger partial charge is 0.322 e. The molecule has 0 aliphatic rings. The highest BCUT2D eigenvalue weighted by molar-refractivity contribution is 6.31. The third kappa shape index (κ3) is 3.85. The molecule has 0 unspecified atom stereocenters. The number of aliphatic carboxylic acids is 1. The van der Waals surface area contributed by atoms with Gasteiger partial charge in [-0.25, -0.2) is 9.50 Å². The second-order valence-corrected chi connectivity index (χ2v) is 6.37. The number of nitrogens with zero attached hydrogens (tertiary/aromatic N) is 2. The van der Waals surface area contributed by atoms with E-state index in [1.807, 2.05) is 30.3 Å². The van der Waals surface area contributed by atoms with Gasteiger partial charge in [-0.1, -0.05) is 41.9 Å². The Morgan fingerprint density at radius 3 is 2.63 bits per heavy atom. The largest absolute Gasteiger partial charge is 0.480 e. The maximum absolute atomic E-state index is 12.7. The molecule has 140 valence electrons. The van der Waals surface area contributed by atoms with Crippen LogP contribution in [0.15, 0.2) is 35.1 Å². The lowest BCUT2D eigenvalue weighted by Crippen LogP contribution is -2.34. The van der Waals surface area contributed by atoms with Gasteiger partial charge < -0.3 is 10.4 Å². The van der Waals surface area contributed by atoms with Crippen LogP contribution in [-0.2, 0) is 17.6 Å². The summed E-state index contributed by atoms with van der Waals surface area (Å²) in [5.41, 5.74) is 0.751. The molecular formula is C18H17ClN4O4. The summed E-state index contributed by atoms with van der Waals surface area (Å²) in [6.45, 7) is 1.08. The molecule has 3 aromatic rings. The Hall–Kier alpha value is -3.13. The minimum absolute atomic E-state index is 0.0902. The summed E-state index contributed by atoms with van der Waals surface area (Å²) in [6, 6.07) is 9.71. The van der Waals surface area contributed by atoms with Crippen molar-refractivity contribution in [2.75, 3.05) is 6.54 Å². The summed E-state index contributed by atoms with van der Waals surface area (Å²) in [6.07, 6.45) is 1.10. The molecule has 3 rings (SSSR count). The molecule has 1 aromatic carbocycles. The molecule has 2 aromatic heterocycles. The molecule has 0 atom stereocenters. The summed E-state index contributed by atoms with van der Waals surface area (Å²) in [5, 5.41) is 13.8. The second-order valence-electron chi connectivity index (χ2n) is 5.99. The molecule has 0 aliphatic carbocycles. The predicted octanol–water partition coefficient (Wildman–Crippen LogP) is 1.58. The number of hydrogen-bond donors (Lipinski definition) is 3. The molecule has 1 amide bonds. The number of amides is 1. The van der Waals surface area contributed by atoms with Crippen molar-refractivity contribution in [3.8, 4) is 0 Å². The van der Waals surface area contributed by atoms with Gasteiger partial charge in [0, 0.05) is 0 Å². The van der Waals surface area contributed by atoms with E-state index in [-0.39, 0.29) is 16.2 Å². The van der Waals surface area contributed by atoms with E-state index in [0.717, 1.165) is 5.56 Å². The van der Waals surface area contributed by atoms with Crippen LogP contribution in [-0.4, -0.2) is 38.1 Å². The number of nitrogens with one attached hydrogen (secondary N) is 2.